The average molecular weight is 336 g/mol. The molecule has 3 unspecified atom stereocenters. The molecule has 1 aliphatic heterocycles. The van der Waals surface area contributed by atoms with Crippen molar-refractivity contribution in [2.75, 3.05) is 0 Å². The minimum Gasteiger partial charge on any atom is -0.456 e. The van der Waals surface area contributed by atoms with E-state index in [4.69, 9.17) is 13.9 Å². The van der Waals surface area contributed by atoms with Crippen molar-refractivity contribution in [3.05, 3.63) is 48.0 Å². The van der Waals surface area contributed by atoms with Crippen LogP contribution in [0.1, 0.15) is 45.6 Å². The Morgan fingerprint density at radius 2 is 1.56 bits per heavy atom. The van der Waals surface area contributed by atoms with Crippen molar-refractivity contribution >= 4 is 21.9 Å². The maximum absolute atomic E-state index is 6.54. The Bertz CT molecular complexity index is 966. The molecule has 25 heavy (non-hydrogen) atoms. The molecule has 130 valence electrons. The summed E-state index contributed by atoms with van der Waals surface area (Å²) in [7, 11) is 0. The number of benzene rings is 2. The molecule has 5 rings (SSSR count). The zero-order chi connectivity index (χ0) is 17.4. The molecule has 0 radical (unpaired) electrons. The second kappa shape index (κ2) is 4.87. The summed E-state index contributed by atoms with van der Waals surface area (Å²) in [5.74, 6) is 0.352. The molecule has 1 aliphatic carbocycles. The number of ether oxygens (including phenoxy) is 2. The van der Waals surface area contributed by atoms with Crippen LogP contribution in [0.3, 0.4) is 0 Å². The number of fused-ring (bicyclic) bond motifs is 4. The van der Waals surface area contributed by atoms with Crippen LogP contribution < -0.4 is 0 Å². The van der Waals surface area contributed by atoms with Gasteiger partial charge in [0.25, 0.3) is 0 Å². The zero-order valence-corrected chi connectivity index (χ0v) is 15.2. The minimum absolute atomic E-state index is 0.113. The van der Waals surface area contributed by atoms with Gasteiger partial charge < -0.3 is 13.9 Å². The van der Waals surface area contributed by atoms with E-state index in [1.54, 1.807) is 0 Å². The Labute approximate surface area is 147 Å². The highest BCUT2D eigenvalue weighted by Crippen LogP contribution is 2.52. The van der Waals surface area contributed by atoms with Gasteiger partial charge in [-0.05, 0) is 51.8 Å². The van der Waals surface area contributed by atoms with Gasteiger partial charge >= 0.3 is 0 Å². The molecule has 2 aromatic carbocycles. The Morgan fingerprint density at radius 1 is 0.840 bits per heavy atom. The van der Waals surface area contributed by atoms with Crippen LogP contribution in [0.4, 0.5) is 0 Å². The third kappa shape index (κ3) is 2.06. The SMILES string of the molecule is CC1(C)OC2CC(c3cccc4oc5ccccc5c34)C2OC1(C)C. The lowest BCUT2D eigenvalue weighted by molar-refractivity contribution is -0.328. The smallest absolute Gasteiger partial charge is 0.135 e. The summed E-state index contributed by atoms with van der Waals surface area (Å²) in [4.78, 5) is 0. The molecule has 1 saturated heterocycles. The van der Waals surface area contributed by atoms with Gasteiger partial charge in [0.2, 0.25) is 0 Å². The molecule has 3 nitrogen and oxygen atoms in total. The van der Waals surface area contributed by atoms with E-state index in [2.05, 4.69) is 58.0 Å². The summed E-state index contributed by atoms with van der Waals surface area (Å²) in [5.41, 5.74) is 2.65. The van der Waals surface area contributed by atoms with Gasteiger partial charge in [0.15, 0.2) is 0 Å². The Kier molecular flexibility index (Phi) is 3.00. The van der Waals surface area contributed by atoms with Crippen LogP contribution in [-0.2, 0) is 9.47 Å². The summed E-state index contributed by atoms with van der Waals surface area (Å²) in [6, 6.07) is 14.6. The largest absolute Gasteiger partial charge is 0.456 e. The molecular formula is C22H24O3. The lowest BCUT2D eigenvalue weighted by atomic mass is 9.70. The van der Waals surface area contributed by atoms with E-state index >= 15 is 0 Å². The minimum atomic E-state index is -0.306. The predicted octanol–water partition coefficient (Wildman–Crippen LogP) is 5.41. The van der Waals surface area contributed by atoms with Crippen molar-refractivity contribution in [2.45, 2.75) is 63.4 Å². The fraction of sp³-hybridized carbons (Fsp3) is 0.455. The summed E-state index contributed by atoms with van der Waals surface area (Å²) in [5, 5.41) is 2.42. The highest BCUT2D eigenvalue weighted by Gasteiger charge is 2.57. The summed E-state index contributed by atoms with van der Waals surface area (Å²) in [6.45, 7) is 8.51. The lowest BCUT2D eigenvalue weighted by Crippen LogP contribution is -2.66. The molecule has 2 fully saturated rings. The second-order valence-corrected chi connectivity index (χ2v) is 8.42. The third-order valence-electron chi connectivity index (χ3n) is 6.41. The molecule has 0 N–H and O–H groups in total. The first-order chi connectivity index (χ1) is 11.9. The standard InChI is InChI=1S/C22H24O3/c1-21(2)22(3,4)25-20-15(12-18(20)24-21)13-9-7-11-17-19(13)14-8-5-6-10-16(14)23-17/h5-11,15,18,20H,12H2,1-4H3. The fourth-order valence-electron chi connectivity index (χ4n) is 4.27. The maximum Gasteiger partial charge on any atom is 0.135 e. The molecule has 3 heteroatoms. The Morgan fingerprint density at radius 3 is 2.40 bits per heavy atom. The second-order valence-electron chi connectivity index (χ2n) is 8.42. The number of hydrogen-bond donors (Lipinski definition) is 0. The van der Waals surface area contributed by atoms with Gasteiger partial charge in [-0.3, -0.25) is 0 Å². The van der Waals surface area contributed by atoms with Gasteiger partial charge in [0.1, 0.15) is 11.2 Å². The van der Waals surface area contributed by atoms with Crippen LogP contribution in [0.5, 0.6) is 0 Å². The number of furan rings is 1. The molecular weight excluding hydrogens is 312 g/mol. The van der Waals surface area contributed by atoms with E-state index in [9.17, 15) is 0 Å². The Hall–Kier alpha value is -1.84. The number of hydrogen-bond acceptors (Lipinski definition) is 3. The van der Waals surface area contributed by atoms with Crippen LogP contribution in [0, 0.1) is 0 Å². The van der Waals surface area contributed by atoms with Gasteiger partial charge in [0, 0.05) is 16.7 Å². The Balaban J connectivity index is 1.59. The lowest BCUT2D eigenvalue weighted by Gasteiger charge is -2.58. The number of rotatable bonds is 1. The molecule has 2 aliphatic rings. The van der Waals surface area contributed by atoms with E-state index in [1.165, 1.54) is 16.3 Å². The normalized spacial score (nSPS) is 30.2. The first kappa shape index (κ1) is 15.4. The third-order valence-corrected chi connectivity index (χ3v) is 6.41. The van der Waals surface area contributed by atoms with Crippen molar-refractivity contribution in [2.24, 2.45) is 0 Å². The molecule has 0 bridgehead atoms. The van der Waals surface area contributed by atoms with Crippen LogP contribution in [0.2, 0.25) is 0 Å². The average Bonchev–Trinajstić information content (AvgIpc) is 2.94. The van der Waals surface area contributed by atoms with E-state index in [1.807, 2.05) is 12.1 Å². The fourth-order valence-corrected chi connectivity index (χ4v) is 4.27. The highest BCUT2D eigenvalue weighted by atomic mass is 16.6. The molecule has 1 aromatic heterocycles. The van der Waals surface area contributed by atoms with Gasteiger partial charge in [-0.25, -0.2) is 0 Å². The van der Waals surface area contributed by atoms with Crippen molar-refractivity contribution in [1.29, 1.82) is 0 Å². The molecule has 1 saturated carbocycles. The van der Waals surface area contributed by atoms with E-state index in [-0.39, 0.29) is 23.4 Å². The highest BCUT2D eigenvalue weighted by molar-refractivity contribution is 6.06. The zero-order valence-electron chi connectivity index (χ0n) is 15.2. The van der Waals surface area contributed by atoms with Gasteiger partial charge in [-0.2, -0.15) is 0 Å². The van der Waals surface area contributed by atoms with Gasteiger partial charge in [-0.15, -0.1) is 0 Å². The maximum atomic E-state index is 6.54. The summed E-state index contributed by atoms with van der Waals surface area (Å²) in [6.07, 6.45) is 1.30. The van der Waals surface area contributed by atoms with Gasteiger partial charge in [-0.1, -0.05) is 30.3 Å². The summed E-state index contributed by atoms with van der Waals surface area (Å²) < 4.78 is 19.0. The molecule has 0 spiro atoms. The van der Waals surface area contributed by atoms with Crippen molar-refractivity contribution in [3.63, 3.8) is 0 Å². The van der Waals surface area contributed by atoms with Crippen LogP contribution in [-0.4, -0.2) is 23.4 Å². The number of para-hydroxylation sites is 1. The quantitative estimate of drug-likeness (QED) is 0.595. The predicted molar refractivity (Wildman–Crippen MR) is 99.0 cm³/mol. The van der Waals surface area contributed by atoms with Crippen molar-refractivity contribution in [1.82, 2.24) is 0 Å². The molecule has 0 amide bonds. The van der Waals surface area contributed by atoms with Crippen LogP contribution in [0.25, 0.3) is 21.9 Å². The van der Waals surface area contributed by atoms with Crippen molar-refractivity contribution in [3.8, 4) is 0 Å². The van der Waals surface area contributed by atoms with E-state index < -0.39 is 0 Å². The summed E-state index contributed by atoms with van der Waals surface area (Å²) >= 11 is 0. The van der Waals surface area contributed by atoms with Crippen LogP contribution in [0.15, 0.2) is 46.9 Å². The topological polar surface area (TPSA) is 31.6 Å². The molecule has 3 aromatic rings. The van der Waals surface area contributed by atoms with Crippen LogP contribution >= 0.6 is 0 Å². The van der Waals surface area contributed by atoms with E-state index in [0.29, 0.717) is 5.92 Å². The van der Waals surface area contributed by atoms with Gasteiger partial charge in [0.05, 0.1) is 23.4 Å². The first-order valence-corrected chi connectivity index (χ1v) is 9.13. The van der Waals surface area contributed by atoms with Crippen molar-refractivity contribution < 1.29 is 13.9 Å². The monoisotopic (exact) mass is 336 g/mol. The molecule has 2 heterocycles. The molecule has 3 atom stereocenters. The first-order valence-electron chi connectivity index (χ1n) is 9.13. The van der Waals surface area contributed by atoms with E-state index in [0.717, 1.165) is 17.6 Å².